The van der Waals surface area contributed by atoms with Crippen LogP contribution in [-0.2, 0) is 19.6 Å². The molecule has 1 heterocycles. The van der Waals surface area contributed by atoms with Crippen LogP contribution in [0.25, 0.3) is 0 Å². The fourth-order valence-electron chi connectivity index (χ4n) is 2.72. The van der Waals surface area contributed by atoms with Crippen molar-refractivity contribution >= 4 is 15.9 Å². The maximum atomic E-state index is 12.3. The number of sulfonamides is 1. The van der Waals surface area contributed by atoms with E-state index < -0.39 is 34.4 Å². The largest absolute Gasteiger partial charge is 0.388 e. The average molecular weight is 386 g/mol. The Morgan fingerprint density at radius 3 is 2.31 bits per heavy atom. The number of hydrogen-bond acceptors (Lipinski definition) is 6. The Bertz CT molecular complexity index is 719. The van der Waals surface area contributed by atoms with E-state index in [1.807, 2.05) is 6.92 Å². The van der Waals surface area contributed by atoms with E-state index in [0.29, 0.717) is 0 Å². The third kappa shape index (κ3) is 5.24. The molecule has 0 radical (unpaired) electrons. The van der Waals surface area contributed by atoms with Crippen molar-refractivity contribution in [3.05, 3.63) is 29.8 Å². The molecule has 1 aromatic carbocycles. The summed E-state index contributed by atoms with van der Waals surface area (Å²) in [5, 5.41) is 22.8. The van der Waals surface area contributed by atoms with Gasteiger partial charge in [-0.1, -0.05) is 17.7 Å². The van der Waals surface area contributed by atoms with Gasteiger partial charge < -0.3 is 20.3 Å². The number of ether oxygens (including phenoxy) is 1. The Hall–Kier alpha value is -1.52. The second kappa shape index (κ2) is 8.45. The minimum atomic E-state index is -3.76. The van der Waals surface area contributed by atoms with E-state index in [1.54, 1.807) is 26.0 Å². The standard InChI is InChI=1S/C17H26N2O6S/c1-10(2)19-15(20)8-13-16(21)17(22)14(25-13)9-18-26(23,24)12-6-4-11(3)5-7-12/h4-7,10,13-14,16-18,21-22H,8-9H2,1-3H3,(H,19,20). The lowest BCUT2D eigenvalue weighted by Gasteiger charge is -2.16. The fraction of sp³-hybridized carbons (Fsp3) is 0.588. The fourth-order valence-corrected chi connectivity index (χ4v) is 3.76. The summed E-state index contributed by atoms with van der Waals surface area (Å²) in [6, 6.07) is 6.28. The molecule has 8 nitrogen and oxygen atoms in total. The summed E-state index contributed by atoms with van der Waals surface area (Å²) in [6.07, 6.45) is -4.49. The molecule has 4 N–H and O–H groups in total. The molecule has 1 aliphatic heterocycles. The number of amides is 1. The van der Waals surface area contributed by atoms with Crippen LogP contribution in [0.1, 0.15) is 25.8 Å². The SMILES string of the molecule is Cc1ccc(S(=O)(=O)NCC2OC(CC(=O)NC(C)C)C(O)C2O)cc1. The molecule has 4 atom stereocenters. The van der Waals surface area contributed by atoms with Crippen LogP contribution < -0.4 is 10.0 Å². The van der Waals surface area contributed by atoms with Crippen LogP contribution >= 0.6 is 0 Å². The van der Waals surface area contributed by atoms with Crippen molar-refractivity contribution in [3.63, 3.8) is 0 Å². The lowest BCUT2D eigenvalue weighted by Crippen LogP contribution is -2.40. The molecule has 0 aliphatic carbocycles. The van der Waals surface area contributed by atoms with Gasteiger partial charge in [-0.05, 0) is 32.9 Å². The van der Waals surface area contributed by atoms with Crippen molar-refractivity contribution in [2.45, 2.75) is 62.5 Å². The highest BCUT2D eigenvalue weighted by Crippen LogP contribution is 2.24. The van der Waals surface area contributed by atoms with Gasteiger partial charge in [0.1, 0.15) is 18.3 Å². The topological polar surface area (TPSA) is 125 Å². The van der Waals surface area contributed by atoms with Crippen LogP contribution in [0.4, 0.5) is 0 Å². The molecule has 146 valence electrons. The first kappa shape index (κ1) is 20.8. The Labute approximate surface area is 153 Å². The third-order valence-corrected chi connectivity index (χ3v) is 5.54. The van der Waals surface area contributed by atoms with Crippen molar-refractivity contribution in [3.8, 4) is 0 Å². The number of aliphatic hydroxyl groups is 2. The van der Waals surface area contributed by atoms with Gasteiger partial charge in [-0.3, -0.25) is 4.79 Å². The molecule has 0 saturated carbocycles. The highest BCUT2D eigenvalue weighted by molar-refractivity contribution is 7.89. The molecule has 0 spiro atoms. The highest BCUT2D eigenvalue weighted by Gasteiger charge is 2.43. The number of nitrogens with one attached hydrogen (secondary N) is 2. The van der Waals surface area contributed by atoms with E-state index in [0.717, 1.165) is 5.56 Å². The second-order valence-corrected chi connectivity index (χ2v) is 8.55. The summed E-state index contributed by atoms with van der Waals surface area (Å²) < 4.78 is 32.5. The van der Waals surface area contributed by atoms with Gasteiger partial charge in [0.05, 0.1) is 17.4 Å². The number of hydrogen-bond donors (Lipinski definition) is 4. The number of carbonyl (C=O) groups is 1. The van der Waals surface area contributed by atoms with E-state index >= 15 is 0 Å². The van der Waals surface area contributed by atoms with E-state index in [-0.39, 0.29) is 29.8 Å². The van der Waals surface area contributed by atoms with E-state index in [2.05, 4.69) is 10.0 Å². The van der Waals surface area contributed by atoms with Crippen LogP contribution in [0.3, 0.4) is 0 Å². The van der Waals surface area contributed by atoms with Gasteiger partial charge in [-0.15, -0.1) is 0 Å². The van der Waals surface area contributed by atoms with Crippen LogP contribution in [0.5, 0.6) is 0 Å². The smallest absolute Gasteiger partial charge is 0.240 e. The van der Waals surface area contributed by atoms with Crippen molar-refractivity contribution in [1.29, 1.82) is 0 Å². The highest BCUT2D eigenvalue weighted by atomic mass is 32.2. The third-order valence-electron chi connectivity index (χ3n) is 4.10. The normalized spacial score (nSPS) is 26.2. The Morgan fingerprint density at radius 1 is 1.15 bits per heavy atom. The number of aryl methyl sites for hydroxylation is 1. The van der Waals surface area contributed by atoms with Gasteiger partial charge in [0.2, 0.25) is 15.9 Å². The molecule has 0 aromatic heterocycles. The Morgan fingerprint density at radius 2 is 1.73 bits per heavy atom. The molecule has 1 saturated heterocycles. The monoisotopic (exact) mass is 386 g/mol. The van der Waals surface area contributed by atoms with Crippen LogP contribution in [-0.4, -0.2) is 61.5 Å². The number of aliphatic hydroxyl groups excluding tert-OH is 2. The lowest BCUT2D eigenvalue weighted by atomic mass is 10.1. The molecule has 9 heteroatoms. The molecule has 26 heavy (non-hydrogen) atoms. The minimum Gasteiger partial charge on any atom is -0.388 e. The van der Waals surface area contributed by atoms with Gasteiger partial charge in [0, 0.05) is 12.6 Å². The number of carbonyl (C=O) groups excluding carboxylic acids is 1. The van der Waals surface area contributed by atoms with Gasteiger partial charge in [-0.2, -0.15) is 0 Å². The van der Waals surface area contributed by atoms with Crippen molar-refractivity contribution in [2.24, 2.45) is 0 Å². The molecule has 1 amide bonds. The van der Waals surface area contributed by atoms with Gasteiger partial charge in [0.25, 0.3) is 0 Å². The number of benzene rings is 1. The van der Waals surface area contributed by atoms with Crippen molar-refractivity contribution < 1.29 is 28.2 Å². The van der Waals surface area contributed by atoms with E-state index in [9.17, 15) is 23.4 Å². The summed E-state index contributed by atoms with van der Waals surface area (Å²) in [5.41, 5.74) is 0.934. The minimum absolute atomic E-state index is 0.0527. The zero-order valence-electron chi connectivity index (χ0n) is 15.0. The first-order chi connectivity index (χ1) is 12.1. The second-order valence-electron chi connectivity index (χ2n) is 6.79. The summed E-state index contributed by atoms with van der Waals surface area (Å²) in [6.45, 7) is 5.25. The van der Waals surface area contributed by atoms with E-state index in [1.165, 1.54) is 12.1 Å². The summed E-state index contributed by atoms with van der Waals surface area (Å²) in [5.74, 6) is -0.308. The first-order valence-corrected chi connectivity index (χ1v) is 9.96. The summed E-state index contributed by atoms with van der Waals surface area (Å²) >= 11 is 0. The molecular weight excluding hydrogens is 360 g/mol. The number of rotatable bonds is 7. The summed E-state index contributed by atoms with van der Waals surface area (Å²) in [4.78, 5) is 11.9. The molecular formula is C17H26N2O6S. The van der Waals surface area contributed by atoms with Crippen molar-refractivity contribution in [2.75, 3.05) is 6.54 Å². The molecule has 1 fully saturated rings. The zero-order chi connectivity index (χ0) is 19.5. The average Bonchev–Trinajstić information content (AvgIpc) is 2.80. The Balaban J connectivity index is 1.95. The molecule has 0 bridgehead atoms. The zero-order valence-corrected chi connectivity index (χ0v) is 15.9. The van der Waals surface area contributed by atoms with Crippen molar-refractivity contribution in [1.82, 2.24) is 10.0 Å². The van der Waals surface area contributed by atoms with Crippen LogP contribution in [0.15, 0.2) is 29.2 Å². The maximum absolute atomic E-state index is 12.3. The predicted octanol–water partition coefficient (Wildman–Crippen LogP) is -0.323. The van der Waals surface area contributed by atoms with Crippen LogP contribution in [0.2, 0.25) is 0 Å². The lowest BCUT2D eigenvalue weighted by molar-refractivity contribution is -0.125. The predicted molar refractivity (Wildman–Crippen MR) is 94.9 cm³/mol. The Kier molecular flexibility index (Phi) is 6.75. The molecule has 2 rings (SSSR count). The van der Waals surface area contributed by atoms with E-state index in [4.69, 9.17) is 4.74 Å². The molecule has 1 aliphatic rings. The summed E-state index contributed by atoms with van der Waals surface area (Å²) in [7, 11) is -3.76. The molecule has 4 unspecified atom stereocenters. The first-order valence-electron chi connectivity index (χ1n) is 8.47. The van der Waals surface area contributed by atoms with Gasteiger partial charge >= 0.3 is 0 Å². The van der Waals surface area contributed by atoms with Gasteiger partial charge in [-0.25, -0.2) is 13.1 Å². The van der Waals surface area contributed by atoms with Crippen LogP contribution in [0, 0.1) is 6.92 Å². The van der Waals surface area contributed by atoms with Gasteiger partial charge in [0.15, 0.2) is 0 Å². The molecule has 1 aromatic rings. The maximum Gasteiger partial charge on any atom is 0.240 e. The quantitative estimate of drug-likeness (QED) is 0.509.